The predicted octanol–water partition coefficient (Wildman–Crippen LogP) is 1.24. The fourth-order valence-electron chi connectivity index (χ4n) is 1.93. The van der Waals surface area contributed by atoms with Crippen molar-refractivity contribution in [3.05, 3.63) is 0 Å². The second kappa shape index (κ2) is 7.59. The van der Waals surface area contributed by atoms with Crippen LogP contribution in [0.15, 0.2) is 0 Å². The molecule has 5 nitrogen and oxygen atoms in total. The molecule has 0 saturated carbocycles. The molecule has 0 radical (unpaired) electrons. The van der Waals surface area contributed by atoms with Gasteiger partial charge in [0.25, 0.3) is 0 Å². The van der Waals surface area contributed by atoms with Gasteiger partial charge < -0.3 is 20.7 Å². The molecule has 106 valence electrons. The number of piperidine rings is 1. The summed E-state index contributed by atoms with van der Waals surface area (Å²) in [6.07, 6.45) is 3.08. The highest BCUT2D eigenvalue weighted by molar-refractivity contribution is 5.67. The van der Waals surface area contributed by atoms with Gasteiger partial charge in [-0.2, -0.15) is 0 Å². The fourth-order valence-corrected chi connectivity index (χ4v) is 1.93. The number of amides is 1. The second-order valence-corrected chi connectivity index (χ2v) is 5.78. The normalized spacial score (nSPS) is 20.5. The van der Waals surface area contributed by atoms with Crippen LogP contribution in [0.3, 0.4) is 0 Å². The first-order chi connectivity index (χ1) is 8.47. The standard InChI is InChI=1S/C13H27N3O2/c1-13(2,3)18-12(17)16-9-5-8-15-11-6-4-7-14-10-11/h11,14-15H,4-10H2,1-3H3,(H,16,17)/t11-/m0/s1. The van der Waals surface area contributed by atoms with Gasteiger partial charge in [-0.15, -0.1) is 0 Å². The first kappa shape index (κ1) is 15.2. The van der Waals surface area contributed by atoms with Crippen LogP contribution in [0, 0.1) is 0 Å². The molecule has 0 aromatic rings. The zero-order chi connectivity index (χ0) is 13.4. The Bertz CT molecular complexity index is 245. The highest BCUT2D eigenvalue weighted by Crippen LogP contribution is 2.06. The van der Waals surface area contributed by atoms with E-state index in [2.05, 4.69) is 16.0 Å². The predicted molar refractivity (Wildman–Crippen MR) is 72.7 cm³/mol. The Morgan fingerprint density at radius 3 is 2.78 bits per heavy atom. The molecule has 0 spiro atoms. The summed E-state index contributed by atoms with van der Waals surface area (Å²) in [6, 6.07) is 0.584. The number of rotatable bonds is 5. The number of hydrogen-bond donors (Lipinski definition) is 3. The van der Waals surface area contributed by atoms with Crippen molar-refractivity contribution < 1.29 is 9.53 Å². The van der Waals surface area contributed by atoms with E-state index in [0.717, 1.165) is 26.1 Å². The summed E-state index contributed by atoms with van der Waals surface area (Å²) in [5.74, 6) is 0. The summed E-state index contributed by atoms with van der Waals surface area (Å²) in [5, 5.41) is 9.62. The molecule has 3 N–H and O–H groups in total. The van der Waals surface area contributed by atoms with Gasteiger partial charge in [0.1, 0.15) is 5.60 Å². The minimum absolute atomic E-state index is 0.332. The van der Waals surface area contributed by atoms with E-state index in [1.807, 2.05) is 20.8 Å². The van der Waals surface area contributed by atoms with Crippen molar-refractivity contribution in [2.24, 2.45) is 0 Å². The zero-order valence-corrected chi connectivity index (χ0v) is 11.8. The third-order valence-corrected chi connectivity index (χ3v) is 2.75. The molecule has 0 aliphatic carbocycles. The largest absolute Gasteiger partial charge is 0.444 e. The third-order valence-electron chi connectivity index (χ3n) is 2.75. The average Bonchev–Trinajstić information content (AvgIpc) is 2.27. The Balaban J connectivity index is 1.96. The number of ether oxygens (including phenoxy) is 1. The van der Waals surface area contributed by atoms with E-state index < -0.39 is 5.60 Å². The van der Waals surface area contributed by atoms with Crippen LogP contribution in [-0.2, 0) is 4.74 Å². The summed E-state index contributed by atoms with van der Waals surface area (Å²) >= 11 is 0. The van der Waals surface area contributed by atoms with Crippen molar-refractivity contribution in [3.8, 4) is 0 Å². The Kier molecular flexibility index (Phi) is 6.43. The molecule has 0 aromatic carbocycles. The minimum atomic E-state index is -0.421. The van der Waals surface area contributed by atoms with Gasteiger partial charge in [-0.05, 0) is 53.1 Å². The van der Waals surface area contributed by atoms with Gasteiger partial charge in [0.05, 0.1) is 0 Å². The maximum Gasteiger partial charge on any atom is 0.407 e. The Morgan fingerprint density at radius 2 is 2.17 bits per heavy atom. The highest BCUT2D eigenvalue weighted by atomic mass is 16.6. The van der Waals surface area contributed by atoms with Crippen LogP contribution in [-0.4, -0.2) is 43.9 Å². The molecule has 18 heavy (non-hydrogen) atoms. The molecule has 1 rings (SSSR count). The topological polar surface area (TPSA) is 62.4 Å². The van der Waals surface area contributed by atoms with Crippen molar-refractivity contribution in [1.29, 1.82) is 0 Å². The smallest absolute Gasteiger partial charge is 0.407 e. The van der Waals surface area contributed by atoms with E-state index in [1.165, 1.54) is 12.8 Å². The molecule has 0 unspecified atom stereocenters. The second-order valence-electron chi connectivity index (χ2n) is 5.78. The maximum absolute atomic E-state index is 11.4. The number of alkyl carbamates (subject to hydrolysis) is 1. The monoisotopic (exact) mass is 257 g/mol. The molecule has 1 aliphatic rings. The van der Waals surface area contributed by atoms with E-state index >= 15 is 0 Å². The SMILES string of the molecule is CC(C)(C)OC(=O)NCCCN[C@H]1CCCNC1. The molecular weight excluding hydrogens is 230 g/mol. The average molecular weight is 257 g/mol. The summed E-state index contributed by atoms with van der Waals surface area (Å²) in [5.41, 5.74) is -0.421. The van der Waals surface area contributed by atoms with Crippen LogP contribution in [0.1, 0.15) is 40.0 Å². The van der Waals surface area contributed by atoms with E-state index in [0.29, 0.717) is 12.6 Å². The Morgan fingerprint density at radius 1 is 1.39 bits per heavy atom. The lowest BCUT2D eigenvalue weighted by Crippen LogP contribution is -2.43. The lowest BCUT2D eigenvalue weighted by Gasteiger charge is -2.24. The number of carbonyl (C=O) groups is 1. The van der Waals surface area contributed by atoms with Gasteiger partial charge in [0, 0.05) is 19.1 Å². The third kappa shape index (κ3) is 7.50. The van der Waals surface area contributed by atoms with Crippen LogP contribution < -0.4 is 16.0 Å². The summed E-state index contributed by atoms with van der Waals surface area (Å²) < 4.78 is 5.15. The first-order valence-corrected chi connectivity index (χ1v) is 6.88. The molecule has 1 atom stereocenters. The van der Waals surface area contributed by atoms with Crippen molar-refractivity contribution in [3.63, 3.8) is 0 Å². The summed E-state index contributed by atoms with van der Waals surface area (Å²) in [7, 11) is 0. The van der Waals surface area contributed by atoms with E-state index in [4.69, 9.17) is 4.74 Å². The number of hydrogen-bond acceptors (Lipinski definition) is 4. The van der Waals surface area contributed by atoms with Gasteiger partial charge in [-0.1, -0.05) is 0 Å². The molecule has 1 saturated heterocycles. The number of carbonyl (C=O) groups excluding carboxylic acids is 1. The lowest BCUT2D eigenvalue weighted by atomic mass is 10.1. The van der Waals surface area contributed by atoms with Gasteiger partial charge in [-0.25, -0.2) is 4.79 Å². The lowest BCUT2D eigenvalue weighted by molar-refractivity contribution is 0.0527. The quantitative estimate of drug-likeness (QED) is 0.649. The Hall–Kier alpha value is -0.810. The van der Waals surface area contributed by atoms with Gasteiger partial charge >= 0.3 is 6.09 Å². The van der Waals surface area contributed by atoms with Gasteiger partial charge in [0.2, 0.25) is 0 Å². The van der Waals surface area contributed by atoms with Gasteiger partial charge in [-0.3, -0.25) is 0 Å². The van der Waals surface area contributed by atoms with Crippen LogP contribution in [0.2, 0.25) is 0 Å². The van der Waals surface area contributed by atoms with E-state index in [9.17, 15) is 4.79 Å². The molecular formula is C13H27N3O2. The zero-order valence-electron chi connectivity index (χ0n) is 11.8. The minimum Gasteiger partial charge on any atom is -0.444 e. The first-order valence-electron chi connectivity index (χ1n) is 6.88. The van der Waals surface area contributed by atoms with Crippen LogP contribution >= 0.6 is 0 Å². The molecule has 1 fully saturated rings. The van der Waals surface area contributed by atoms with Crippen molar-refractivity contribution in [2.45, 2.75) is 51.7 Å². The van der Waals surface area contributed by atoms with Crippen LogP contribution in [0.25, 0.3) is 0 Å². The number of nitrogens with one attached hydrogen (secondary N) is 3. The summed E-state index contributed by atoms with van der Waals surface area (Å²) in [4.78, 5) is 11.4. The molecule has 1 heterocycles. The van der Waals surface area contributed by atoms with Crippen LogP contribution in [0.5, 0.6) is 0 Å². The molecule has 1 amide bonds. The van der Waals surface area contributed by atoms with Gasteiger partial charge in [0.15, 0.2) is 0 Å². The molecule has 0 aromatic heterocycles. The summed E-state index contributed by atoms with van der Waals surface area (Å²) in [6.45, 7) is 9.38. The molecule has 0 bridgehead atoms. The Labute approximate surface area is 110 Å². The van der Waals surface area contributed by atoms with Crippen molar-refractivity contribution >= 4 is 6.09 Å². The van der Waals surface area contributed by atoms with Crippen molar-refractivity contribution in [1.82, 2.24) is 16.0 Å². The van der Waals surface area contributed by atoms with E-state index in [1.54, 1.807) is 0 Å². The highest BCUT2D eigenvalue weighted by Gasteiger charge is 2.15. The molecule has 5 heteroatoms. The van der Waals surface area contributed by atoms with E-state index in [-0.39, 0.29) is 6.09 Å². The van der Waals surface area contributed by atoms with Crippen LogP contribution in [0.4, 0.5) is 4.79 Å². The maximum atomic E-state index is 11.4. The fraction of sp³-hybridized carbons (Fsp3) is 0.923. The van der Waals surface area contributed by atoms with Crippen molar-refractivity contribution in [2.75, 3.05) is 26.2 Å². The molecule has 1 aliphatic heterocycles.